The van der Waals surface area contributed by atoms with E-state index in [9.17, 15) is 4.79 Å². The zero-order valence-electron chi connectivity index (χ0n) is 18.8. The van der Waals surface area contributed by atoms with Crippen LogP contribution in [0.2, 0.25) is 0 Å². The van der Waals surface area contributed by atoms with Gasteiger partial charge >= 0.3 is 0 Å². The first-order chi connectivity index (χ1) is 16.7. The largest absolute Gasteiger partial charge is 0.311 e. The van der Waals surface area contributed by atoms with E-state index in [2.05, 4.69) is 36.4 Å². The predicted octanol–water partition coefficient (Wildman–Crippen LogP) is 2.95. The molecule has 3 aliphatic rings. The van der Waals surface area contributed by atoms with Gasteiger partial charge in [-0.15, -0.1) is 0 Å². The van der Waals surface area contributed by atoms with E-state index >= 15 is 0 Å². The lowest BCUT2D eigenvalue weighted by atomic mass is 10.1. The van der Waals surface area contributed by atoms with Gasteiger partial charge in [0.25, 0.3) is 5.56 Å². The fourth-order valence-electron chi connectivity index (χ4n) is 5.16. The van der Waals surface area contributed by atoms with Crippen molar-refractivity contribution in [3.8, 4) is 22.5 Å². The van der Waals surface area contributed by atoms with Gasteiger partial charge in [-0.1, -0.05) is 18.2 Å². The van der Waals surface area contributed by atoms with Crippen molar-refractivity contribution in [3.05, 3.63) is 82.8 Å². The maximum absolute atomic E-state index is 12.3. The molecule has 4 aromatic rings. The number of piperidine rings is 1. The quantitative estimate of drug-likeness (QED) is 0.485. The van der Waals surface area contributed by atoms with Gasteiger partial charge in [0.15, 0.2) is 5.82 Å². The Bertz CT molecular complexity index is 1440. The second kappa shape index (κ2) is 7.43. The van der Waals surface area contributed by atoms with Gasteiger partial charge in [0.05, 0.1) is 24.0 Å². The molecule has 3 fully saturated rings. The molecule has 8 nitrogen and oxygen atoms in total. The fourth-order valence-corrected chi connectivity index (χ4v) is 5.16. The first-order valence-electron chi connectivity index (χ1n) is 12.0. The minimum atomic E-state index is -0.0820. The molecule has 2 saturated carbocycles. The van der Waals surface area contributed by atoms with Gasteiger partial charge in [-0.25, -0.2) is 14.6 Å². The zero-order chi connectivity index (χ0) is 22.7. The second-order valence-electron chi connectivity index (χ2n) is 9.76. The smallest absolute Gasteiger partial charge is 0.267 e. The van der Waals surface area contributed by atoms with Crippen molar-refractivity contribution in [3.63, 3.8) is 0 Å². The van der Waals surface area contributed by atoms with Crippen LogP contribution in [0.25, 0.3) is 22.5 Å². The summed E-state index contributed by atoms with van der Waals surface area (Å²) in [5.74, 6) is 1.17. The minimum Gasteiger partial charge on any atom is -0.311 e. The minimum absolute atomic E-state index is 0.0820. The Morgan fingerprint density at radius 3 is 2.68 bits per heavy atom. The third-order valence-corrected chi connectivity index (χ3v) is 7.42. The van der Waals surface area contributed by atoms with Crippen LogP contribution in [-0.4, -0.2) is 42.1 Å². The molecular weight excluding hydrogens is 426 g/mol. The Morgan fingerprint density at radius 2 is 1.91 bits per heavy atom. The molecule has 0 radical (unpaired) electrons. The van der Waals surface area contributed by atoms with E-state index in [0.29, 0.717) is 24.3 Å². The van der Waals surface area contributed by atoms with Crippen LogP contribution in [0.3, 0.4) is 0 Å². The van der Waals surface area contributed by atoms with Crippen molar-refractivity contribution in [2.45, 2.75) is 49.7 Å². The van der Waals surface area contributed by atoms with E-state index in [-0.39, 0.29) is 11.1 Å². The summed E-state index contributed by atoms with van der Waals surface area (Å²) in [5.41, 5.74) is 5.02. The maximum Gasteiger partial charge on any atom is 0.267 e. The first-order valence-corrected chi connectivity index (χ1v) is 12.0. The van der Waals surface area contributed by atoms with Gasteiger partial charge in [0.2, 0.25) is 0 Å². The molecule has 3 aromatic heterocycles. The third-order valence-electron chi connectivity index (χ3n) is 7.42. The van der Waals surface area contributed by atoms with E-state index in [1.165, 1.54) is 0 Å². The van der Waals surface area contributed by atoms with Crippen LogP contribution in [-0.2, 0) is 12.1 Å². The molecule has 34 heavy (non-hydrogen) atoms. The number of fused-ring (bicyclic) bond motifs is 1. The van der Waals surface area contributed by atoms with Gasteiger partial charge in [-0.05, 0) is 49.9 Å². The lowest BCUT2D eigenvalue weighted by molar-refractivity contribution is 0.432. The number of hydrogen-bond donors (Lipinski definition) is 1. The summed E-state index contributed by atoms with van der Waals surface area (Å²) in [5, 5.41) is 12.7. The summed E-state index contributed by atoms with van der Waals surface area (Å²) < 4.78 is 3.68. The Morgan fingerprint density at radius 1 is 1.03 bits per heavy atom. The second-order valence-corrected chi connectivity index (χ2v) is 9.76. The van der Waals surface area contributed by atoms with E-state index in [1.54, 1.807) is 10.7 Å². The molecule has 170 valence electrons. The normalized spacial score (nSPS) is 23.1. The van der Waals surface area contributed by atoms with Crippen LogP contribution >= 0.6 is 0 Å². The van der Waals surface area contributed by atoms with Crippen LogP contribution in [0, 0.1) is 0 Å². The number of nitrogens with one attached hydrogen (secondary N) is 1. The average Bonchev–Trinajstić information content (AvgIpc) is 3.75. The van der Waals surface area contributed by atoms with Gasteiger partial charge < -0.3 is 5.32 Å². The van der Waals surface area contributed by atoms with E-state index in [0.717, 1.165) is 60.2 Å². The summed E-state index contributed by atoms with van der Waals surface area (Å²) in [4.78, 5) is 21.6. The Kier molecular flexibility index (Phi) is 4.32. The fraction of sp³-hybridized carbons (Fsp3) is 0.346. The predicted molar refractivity (Wildman–Crippen MR) is 127 cm³/mol. The number of nitrogens with zero attached hydrogens (tertiary/aromatic N) is 6. The molecule has 1 aromatic carbocycles. The molecule has 4 heterocycles. The van der Waals surface area contributed by atoms with E-state index in [4.69, 9.17) is 0 Å². The van der Waals surface area contributed by atoms with Crippen molar-refractivity contribution in [1.29, 1.82) is 0 Å². The summed E-state index contributed by atoms with van der Waals surface area (Å²) in [6.07, 6.45) is 12.4. The molecule has 8 heteroatoms. The molecular formula is C26H25N7O. The number of rotatable bonds is 6. The number of aromatic nitrogens is 6. The lowest BCUT2D eigenvalue weighted by Crippen LogP contribution is -2.23. The van der Waals surface area contributed by atoms with Crippen LogP contribution in [0.4, 0.5) is 0 Å². The van der Waals surface area contributed by atoms with E-state index < -0.39 is 0 Å². The third kappa shape index (κ3) is 3.37. The van der Waals surface area contributed by atoms with Crippen LogP contribution in [0.15, 0.2) is 66.0 Å². The highest BCUT2D eigenvalue weighted by atomic mass is 16.1. The van der Waals surface area contributed by atoms with E-state index in [1.807, 2.05) is 48.9 Å². The van der Waals surface area contributed by atoms with Crippen LogP contribution in [0.1, 0.15) is 42.9 Å². The maximum atomic E-state index is 12.3. The highest BCUT2D eigenvalue weighted by molar-refractivity contribution is 5.63. The summed E-state index contributed by atoms with van der Waals surface area (Å²) in [6.45, 7) is 1.50. The van der Waals surface area contributed by atoms with Gasteiger partial charge in [-0.2, -0.15) is 10.2 Å². The number of hydrogen-bond acceptors (Lipinski definition) is 6. The van der Waals surface area contributed by atoms with Crippen molar-refractivity contribution in [2.75, 3.05) is 6.54 Å². The molecule has 7 rings (SSSR count). The van der Waals surface area contributed by atoms with Crippen LogP contribution in [0.5, 0.6) is 0 Å². The molecule has 2 unspecified atom stereocenters. The molecule has 0 spiro atoms. The van der Waals surface area contributed by atoms with Crippen LogP contribution < -0.4 is 10.9 Å². The molecule has 2 aliphatic carbocycles. The molecule has 1 aliphatic heterocycles. The molecule has 0 amide bonds. The SMILES string of the molecule is O=c1ccc(C2CC2)nn1Cc1cccc(-c2ncc(-c3cnn(C45CCNC4C5)c3)cn2)c1. The highest BCUT2D eigenvalue weighted by Gasteiger charge is 2.59. The lowest BCUT2D eigenvalue weighted by Gasteiger charge is -2.11. The number of benzene rings is 1. The average molecular weight is 452 g/mol. The standard InChI is InChI=1S/C26H25N7O/c34-24-7-6-22(18-4-5-18)31-32(24)15-17-2-1-3-19(10-17)25-28-12-20(13-29-25)21-14-30-33(16-21)26-8-9-27-23(26)11-26/h1-3,6-7,10,12-14,16,18,23,27H,4-5,8-9,11,15H2. The van der Waals surface area contributed by atoms with Crippen molar-refractivity contribution in [1.82, 2.24) is 34.8 Å². The first kappa shape index (κ1) is 19.8. The van der Waals surface area contributed by atoms with Crippen molar-refractivity contribution in [2.24, 2.45) is 0 Å². The van der Waals surface area contributed by atoms with Gasteiger partial charge in [0.1, 0.15) is 0 Å². The highest BCUT2D eigenvalue weighted by Crippen LogP contribution is 2.50. The van der Waals surface area contributed by atoms with Gasteiger partial charge in [-0.3, -0.25) is 9.48 Å². The summed E-state index contributed by atoms with van der Waals surface area (Å²) >= 11 is 0. The summed E-state index contributed by atoms with van der Waals surface area (Å²) in [7, 11) is 0. The molecule has 1 N–H and O–H groups in total. The molecule has 0 bridgehead atoms. The topological polar surface area (TPSA) is 90.5 Å². The molecule has 1 saturated heterocycles. The Balaban J connectivity index is 1.11. The van der Waals surface area contributed by atoms with Crippen molar-refractivity contribution < 1.29 is 0 Å². The zero-order valence-corrected chi connectivity index (χ0v) is 18.8. The Hall–Kier alpha value is -3.65. The van der Waals surface area contributed by atoms with Gasteiger partial charge in [0, 0.05) is 53.3 Å². The van der Waals surface area contributed by atoms with Crippen molar-refractivity contribution >= 4 is 0 Å². The Labute approximate surface area is 196 Å². The summed E-state index contributed by atoms with van der Waals surface area (Å²) in [6, 6.07) is 12.1. The molecule has 2 atom stereocenters. The monoisotopic (exact) mass is 451 g/mol.